The zero-order valence-corrected chi connectivity index (χ0v) is 12.7. The third kappa shape index (κ3) is 2.45. The normalized spacial score (nSPS) is 15.9. The second kappa shape index (κ2) is 5.69. The first-order valence-corrected chi connectivity index (χ1v) is 7.38. The van der Waals surface area contributed by atoms with Gasteiger partial charge in [-0.05, 0) is 34.1 Å². The van der Waals surface area contributed by atoms with Crippen molar-refractivity contribution in [1.29, 1.82) is 0 Å². The molecule has 0 fully saturated rings. The van der Waals surface area contributed by atoms with Gasteiger partial charge < -0.3 is 10.1 Å². The van der Waals surface area contributed by atoms with Gasteiger partial charge in [-0.2, -0.15) is 0 Å². The van der Waals surface area contributed by atoms with Gasteiger partial charge >= 0.3 is 0 Å². The van der Waals surface area contributed by atoms with Crippen LogP contribution in [0.5, 0.6) is 0 Å². The molecule has 1 aliphatic rings. The van der Waals surface area contributed by atoms with E-state index < -0.39 is 0 Å². The molecule has 21 heavy (non-hydrogen) atoms. The van der Waals surface area contributed by atoms with E-state index in [4.69, 9.17) is 5.21 Å². The number of amides is 1. The number of carbonyl (C=O) groups is 1. The van der Waals surface area contributed by atoms with Crippen LogP contribution >= 0.6 is 15.9 Å². The molecule has 3 rings (SSSR count). The highest BCUT2D eigenvalue weighted by atomic mass is 79.9. The number of hydrogen-bond donors (Lipinski definition) is 1. The molecular formula is C16H13BrN2O2. The summed E-state index contributed by atoms with van der Waals surface area (Å²) < 4.78 is 0.772. The molecule has 0 atom stereocenters. The second-order valence-corrected chi connectivity index (χ2v) is 5.60. The molecular weight excluding hydrogens is 332 g/mol. The lowest BCUT2D eigenvalue weighted by Gasteiger charge is -2.30. The van der Waals surface area contributed by atoms with Gasteiger partial charge in [-0.25, -0.2) is 0 Å². The largest absolute Gasteiger partial charge is 0.411 e. The summed E-state index contributed by atoms with van der Waals surface area (Å²) in [7, 11) is 0. The lowest BCUT2D eigenvalue weighted by molar-refractivity contribution is 0.0986. The van der Waals surface area contributed by atoms with Crippen LogP contribution in [0.4, 0.5) is 5.69 Å². The summed E-state index contributed by atoms with van der Waals surface area (Å²) in [4.78, 5) is 14.5. The van der Waals surface area contributed by atoms with Gasteiger partial charge in [-0.3, -0.25) is 4.79 Å². The molecule has 1 heterocycles. The molecule has 4 nitrogen and oxygen atoms in total. The van der Waals surface area contributed by atoms with Gasteiger partial charge in [0.1, 0.15) is 0 Å². The number of hydrogen-bond acceptors (Lipinski definition) is 3. The van der Waals surface area contributed by atoms with Crippen molar-refractivity contribution in [3.8, 4) is 0 Å². The van der Waals surface area contributed by atoms with Gasteiger partial charge in [0, 0.05) is 23.0 Å². The van der Waals surface area contributed by atoms with E-state index in [1.165, 1.54) is 0 Å². The lowest BCUT2D eigenvalue weighted by atomic mass is 9.99. The van der Waals surface area contributed by atoms with Gasteiger partial charge in [0.25, 0.3) is 5.91 Å². The maximum atomic E-state index is 12.8. The number of fused-ring (bicyclic) bond motifs is 1. The molecule has 0 aromatic heterocycles. The fourth-order valence-corrected chi connectivity index (χ4v) is 2.98. The highest BCUT2D eigenvalue weighted by molar-refractivity contribution is 9.10. The van der Waals surface area contributed by atoms with Crippen molar-refractivity contribution in [2.75, 3.05) is 11.4 Å². The zero-order valence-electron chi connectivity index (χ0n) is 11.2. The number of oxime groups is 1. The van der Waals surface area contributed by atoms with Gasteiger partial charge in [-0.15, -0.1) is 0 Å². The van der Waals surface area contributed by atoms with Crippen molar-refractivity contribution >= 4 is 33.2 Å². The third-order valence-corrected chi connectivity index (χ3v) is 4.24. The molecule has 2 aromatic rings. The van der Waals surface area contributed by atoms with E-state index in [9.17, 15) is 4.79 Å². The number of rotatable bonds is 1. The Kier molecular flexibility index (Phi) is 3.75. The summed E-state index contributed by atoms with van der Waals surface area (Å²) >= 11 is 3.42. The highest BCUT2D eigenvalue weighted by Gasteiger charge is 2.27. The van der Waals surface area contributed by atoms with Crippen LogP contribution in [0.2, 0.25) is 0 Å². The third-order valence-electron chi connectivity index (χ3n) is 3.55. The van der Waals surface area contributed by atoms with E-state index >= 15 is 0 Å². The van der Waals surface area contributed by atoms with Crippen LogP contribution < -0.4 is 4.90 Å². The van der Waals surface area contributed by atoms with E-state index in [1.807, 2.05) is 42.5 Å². The van der Waals surface area contributed by atoms with Crippen LogP contribution in [0.1, 0.15) is 22.3 Å². The van der Waals surface area contributed by atoms with Gasteiger partial charge in [0.05, 0.1) is 17.0 Å². The predicted octanol–water partition coefficient (Wildman–Crippen LogP) is 3.68. The van der Waals surface area contributed by atoms with E-state index in [0.29, 0.717) is 24.2 Å². The van der Waals surface area contributed by atoms with Crippen LogP contribution in [-0.2, 0) is 0 Å². The first-order valence-electron chi connectivity index (χ1n) is 6.59. The van der Waals surface area contributed by atoms with E-state index in [-0.39, 0.29) is 5.91 Å². The molecule has 0 radical (unpaired) electrons. The molecule has 1 amide bonds. The van der Waals surface area contributed by atoms with Crippen molar-refractivity contribution in [2.45, 2.75) is 6.42 Å². The molecule has 1 N–H and O–H groups in total. The monoisotopic (exact) mass is 344 g/mol. The fraction of sp³-hybridized carbons (Fsp3) is 0.125. The standard InChI is InChI=1S/C16H13BrN2O2/c17-13-7-3-1-5-11(13)16(20)19-10-9-14(18-21)12-6-2-4-8-15(12)19/h1-8,21H,9-10H2. The number of halogens is 1. The van der Waals surface area contributed by atoms with Crippen molar-refractivity contribution < 1.29 is 10.0 Å². The van der Waals surface area contributed by atoms with Crippen LogP contribution in [-0.4, -0.2) is 23.4 Å². The molecule has 0 spiro atoms. The minimum Gasteiger partial charge on any atom is -0.411 e. The number of nitrogens with zero attached hydrogens (tertiary/aromatic N) is 2. The average Bonchev–Trinajstić information content (AvgIpc) is 2.53. The Balaban J connectivity index is 2.05. The molecule has 0 aliphatic carbocycles. The quantitative estimate of drug-likeness (QED) is 0.633. The van der Waals surface area contributed by atoms with Gasteiger partial charge in [0.2, 0.25) is 0 Å². The molecule has 1 aliphatic heterocycles. The van der Waals surface area contributed by atoms with Crippen LogP contribution in [0.25, 0.3) is 0 Å². The molecule has 0 saturated carbocycles. The Morgan fingerprint density at radius 1 is 1.14 bits per heavy atom. The predicted molar refractivity (Wildman–Crippen MR) is 85.2 cm³/mol. The Morgan fingerprint density at radius 2 is 1.86 bits per heavy atom. The maximum absolute atomic E-state index is 12.8. The SMILES string of the molecule is O=C(c1ccccc1Br)N1CCC(=NO)c2ccccc21. The number of benzene rings is 2. The molecule has 106 valence electrons. The molecule has 0 saturated heterocycles. The van der Waals surface area contributed by atoms with Crippen LogP contribution in [0.15, 0.2) is 58.2 Å². The summed E-state index contributed by atoms with van der Waals surface area (Å²) in [5.41, 5.74) is 2.81. The average molecular weight is 345 g/mol. The molecule has 0 bridgehead atoms. The summed E-state index contributed by atoms with van der Waals surface area (Å²) in [5, 5.41) is 12.4. The summed E-state index contributed by atoms with van der Waals surface area (Å²) in [6, 6.07) is 14.8. The van der Waals surface area contributed by atoms with E-state index in [0.717, 1.165) is 15.7 Å². The Labute approximate surface area is 130 Å². The van der Waals surface area contributed by atoms with E-state index in [2.05, 4.69) is 21.1 Å². The summed E-state index contributed by atoms with van der Waals surface area (Å²) in [6.45, 7) is 0.497. The topological polar surface area (TPSA) is 52.9 Å². The Morgan fingerprint density at radius 3 is 2.62 bits per heavy atom. The minimum atomic E-state index is -0.0630. The molecule has 0 unspecified atom stereocenters. The molecule has 2 aromatic carbocycles. The number of anilines is 1. The van der Waals surface area contributed by atoms with Crippen molar-refractivity contribution in [1.82, 2.24) is 0 Å². The van der Waals surface area contributed by atoms with Gasteiger partial charge in [-0.1, -0.05) is 35.5 Å². The lowest BCUT2D eigenvalue weighted by Crippen LogP contribution is -2.37. The van der Waals surface area contributed by atoms with Gasteiger partial charge in [0.15, 0.2) is 0 Å². The number of para-hydroxylation sites is 1. The first-order chi connectivity index (χ1) is 10.2. The highest BCUT2D eigenvalue weighted by Crippen LogP contribution is 2.30. The zero-order chi connectivity index (χ0) is 14.8. The Bertz CT molecular complexity index is 728. The Hall–Kier alpha value is -2.14. The summed E-state index contributed by atoms with van der Waals surface area (Å²) in [5.74, 6) is -0.0630. The second-order valence-electron chi connectivity index (χ2n) is 4.75. The van der Waals surface area contributed by atoms with Crippen molar-refractivity contribution in [2.24, 2.45) is 5.16 Å². The van der Waals surface area contributed by atoms with E-state index in [1.54, 1.807) is 11.0 Å². The van der Waals surface area contributed by atoms with Crippen molar-refractivity contribution in [3.05, 3.63) is 64.1 Å². The van der Waals surface area contributed by atoms with Crippen LogP contribution in [0.3, 0.4) is 0 Å². The van der Waals surface area contributed by atoms with Crippen LogP contribution in [0, 0.1) is 0 Å². The molecule has 5 heteroatoms. The number of carbonyl (C=O) groups excluding carboxylic acids is 1. The smallest absolute Gasteiger partial charge is 0.259 e. The van der Waals surface area contributed by atoms with Crippen molar-refractivity contribution in [3.63, 3.8) is 0 Å². The first kappa shape index (κ1) is 13.8. The fourth-order valence-electron chi connectivity index (χ4n) is 2.52. The summed E-state index contributed by atoms with van der Waals surface area (Å²) in [6.07, 6.45) is 0.531. The minimum absolute atomic E-state index is 0.0630. The maximum Gasteiger partial charge on any atom is 0.259 e.